The van der Waals surface area contributed by atoms with Crippen LogP contribution in [0.2, 0.25) is 0 Å². The third-order valence-electron chi connectivity index (χ3n) is 4.51. The zero-order valence-electron chi connectivity index (χ0n) is 15.6. The number of nitrogens with zero attached hydrogens (tertiary/aromatic N) is 2. The molecule has 0 unspecified atom stereocenters. The number of ether oxygens (including phenoxy) is 1. The van der Waals surface area contributed by atoms with Crippen molar-refractivity contribution in [3.63, 3.8) is 0 Å². The second kappa shape index (κ2) is 8.70. The van der Waals surface area contributed by atoms with Crippen molar-refractivity contribution in [3.8, 4) is 0 Å². The van der Waals surface area contributed by atoms with Crippen LogP contribution in [0.15, 0.2) is 16.7 Å². The molecule has 27 heavy (non-hydrogen) atoms. The number of alkyl carbamates (subject to hydrolysis) is 1. The predicted octanol–water partition coefficient (Wildman–Crippen LogP) is 2.66. The number of rotatable bonds is 7. The van der Waals surface area contributed by atoms with Crippen LogP contribution in [0.1, 0.15) is 55.7 Å². The number of amides is 2. The first-order chi connectivity index (χ1) is 13.0. The molecule has 146 valence electrons. The van der Waals surface area contributed by atoms with E-state index in [1.54, 1.807) is 13.0 Å². The number of aryl methyl sites for hydroxylation is 1. The Labute approximate surface area is 157 Å². The number of aromatic nitrogens is 3. The highest BCUT2D eigenvalue weighted by molar-refractivity contribution is 5.91. The molecule has 2 atom stereocenters. The predicted molar refractivity (Wildman–Crippen MR) is 97.3 cm³/mol. The minimum absolute atomic E-state index is 0.0930. The maximum Gasteiger partial charge on any atom is 0.407 e. The molecule has 0 radical (unpaired) electrons. The van der Waals surface area contributed by atoms with Crippen molar-refractivity contribution >= 4 is 17.8 Å². The third kappa shape index (κ3) is 5.32. The molecule has 0 bridgehead atoms. The summed E-state index contributed by atoms with van der Waals surface area (Å²) in [5.74, 6) is 1.04. The highest BCUT2D eigenvalue weighted by Crippen LogP contribution is 2.34. The Morgan fingerprint density at radius 1 is 1.37 bits per heavy atom. The third-order valence-corrected chi connectivity index (χ3v) is 4.51. The van der Waals surface area contributed by atoms with Gasteiger partial charge in [0.2, 0.25) is 5.91 Å². The number of hydrogen-bond acceptors (Lipinski definition) is 6. The summed E-state index contributed by atoms with van der Waals surface area (Å²) in [7, 11) is 0. The zero-order chi connectivity index (χ0) is 19.2. The van der Waals surface area contributed by atoms with Crippen LogP contribution in [-0.4, -0.2) is 40.0 Å². The van der Waals surface area contributed by atoms with Gasteiger partial charge in [0.25, 0.3) is 0 Å². The second-order valence-corrected chi connectivity index (χ2v) is 6.86. The molecule has 0 spiro atoms. The highest BCUT2D eigenvalue weighted by atomic mass is 16.5. The van der Waals surface area contributed by atoms with E-state index in [-0.39, 0.29) is 30.4 Å². The van der Waals surface area contributed by atoms with E-state index in [9.17, 15) is 9.59 Å². The molecule has 0 aromatic carbocycles. The fraction of sp³-hybridized carbons (Fsp3) is 0.556. The number of carbonyl (C=O) groups excluding carboxylic acids is 2. The van der Waals surface area contributed by atoms with Crippen molar-refractivity contribution in [3.05, 3.63) is 29.3 Å². The molecule has 1 saturated carbocycles. The summed E-state index contributed by atoms with van der Waals surface area (Å²) in [6.45, 7) is 4.19. The van der Waals surface area contributed by atoms with Crippen LogP contribution in [0.4, 0.5) is 10.6 Å². The largest absolute Gasteiger partial charge is 0.450 e. The van der Waals surface area contributed by atoms with Crippen LogP contribution >= 0.6 is 0 Å². The smallest absolute Gasteiger partial charge is 0.407 e. The lowest BCUT2D eigenvalue weighted by atomic mass is 10.0. The van der Waals surface area contributed by atoms with Gasteiger partial charge in [0.15, 0.2) is 5.82 Å². The summed E-state index contributed by atoms with van der Waals surface area (Å²) in [5.41, 5.74) is 1.69. The lowest BCUT2D eigenvalue weighted by Gasteiger charge is -2.12. The van der Waals surface area contributed by atoms with Gasteiger partial charge >= 0.3 is 6.09 Å². The molecule has 1 aliphatic rings. The molecular formula is C18H25N5O4. The monoisotopic (exact) mass is 375 g/mol. The zero-order valence-corrected chi connectivity index (χ0v) is 15.6. The summed E-state index contributed by atoms with van der Waals surface area (Å²) in [6.07, 6.45) is 3.19. The van der Waals surface area contributed by atoms with Crippen molar-refractivity contribution in [2.45, 2.75) is 57.9 Å². The molecule has 9 nitrogen and oxygen atoms in total. The normalized spacial score (nSPS) is 19.0. The number of hydrogen-bond donors (Lipinski definition) is 3. The van der Waals surface area contributed by atoms with Gasteiger partial charge in [-0.1, -0.05) is 12.1 Å². The van der Waals surface area contributed by atoms with Gasteiger partial charge in [0.05, 0.1) is 18.7 Å². The first kappa shape index (κ1) is 18.9. The van der Waals surface area contributed by atoms with Crippen LogP contribution in [0.5, 0.6) is 0 Å². The van der Waals surface area contributed by atoms with Crippen molar-refractivity contribution in [1.82, 2.24) is 20.7 Å². The average Bonchev–Trinajstić information content (AvgIpc) is 3.35. The summed E-state index contributed by atoms with van der Waals surface area (Å²) >= 11 is 0. The van der Waals surface area contributed by atoms with Crippen LogP contribution in [0.3, 0.4) is 0 Å². The molecule has 2 heterocycles. The van der Waals surface area contributed by atoms with Gasteiger partial charge < -0.3 is 19.9 Å². The molecule has 0 aliphatic heterocycles. The fourth-order valence-electron chi connectivity index (χ4n) is 3.25. The topological polar surface area (TPSA) is 122 Å². The number of nitrogens with one attached hydrogen (secondary N) is 3. The lowest BCUT2D eigenvalue weighted by molar-refractivity contribution is -0.115. The molecule has 2 amide bonds. The van der Waals surface area contributed by atoms with E-state index in [0.29, 0.717) is 18.2 Å². The first-order valence-corrected chi connectivity index (χ1v) is 9.24. The fourth-order valence-corrected chi connectivity index (χ4v) is 3.25. The van der Waals surface area contributed by atoms with E-state index in [4.69, 9.17) is 9.26 Å². The van der Waals surface area contributed by atoms with Gasteiger partial charge in [0, 0.05) is 29.8 Å². The van der Waals surface area contributed by atoms with Crippen LogP contribution in [-0.2, 0) is 16.0 Å². The van der Waals surface area contributed by atoms with Crippen molar-refractivity contribution in [2.75, 3.05) is 11.9 Å². The van der Waals surface area contributed by atoms with Gasteiger partial charge in [-0.15, -0.1) is 0 Å². The average molecular weight is 375 g/mol. The molecule has 3 N–H and O–H groups in total. The summed E-state index contributed by atoms with van der Waals surface area (Å²) in [5, 5.41) is 16.6. The van der Waals surface area contributed by atoms with E-state index < -0.39 is 0 Å². The van der Waals surface area contributed by atoms with Gasteiger partial charge in [-0.3, -0.25) is 9.89 Å². The molecule has 1 aliphatic carbocycles. The van der Waals surface area contributed by atoms with E-state index in [0.717, 1.165) is 37.1 Å². The number of aromatic amines is 1. The number of H-pyrrole nitrogens is 1. The Balaban J connectivity index is 1.47. The molecule has 9 heteroatoms. The Morgan fingerprint density at radius 2 is 2.22 bits per heavy atom. The highest BCUT2D eigenvalue weighted by Gasteiger charge is 2.28. The van der Waals surface area contributed by atoms with Gasteiger partial charge in [-0.25, -0.2) is 4.79 Å². The molecular weight excluding hydrogens is 350 g/mol. The number of carbonyl (C=O) groups is 2. The van der Waals surface area contributed by atoms with Gasteiger partial charge in [0.1, 0.15) is 5.76 Å². The Kier molecular flexibility index (Phi) is 6.10. The van der Waals surface area contributed by atoms with Gasteiger partial charge in [-0.05, 0) is 32.6 Å². The standard InChI is InChI=1S/C18H25N5O4/c1-3-6-26-18(25)19-13-5-4-12(8-13)15-10-16(22-21-15)20-17(24)9-14-7-11(2)23-27-14/h7,10,12-13H,3-6,8-9H2,1-2H3,(H,19,25)(H2,20,21,22,24)/t12-,13+/m1/s1. The number of anilines is 1. The SMILES string of the molecule is CCCOC(=O)N[C@H]1CC[C@@H](c2cc(NC(=O)Cc3cc(C)no3)n[nH]2)C1. The van der Waals surface area contributed by atoms with Crippen LogP contribution in [0, 0.1) is 6.92 Å². The Bertz CT molecular complexity index is 784. The molecule has 2 aromatic rings. The summed E-state index contributed by atoms with van der Waals surface area (Å²) in [6, 6.07) is 3.66. The Hall–Kier alpha value is -2.84. The van der Waals surface area contributed by atoms with E-state index in [1.807, 2.05) is 13.0 Å². The minimum Gasteiger partial charge on any atom is -0.450 e. The molecule has 3 rings (SSSR count). The quantitative estimate of drug-likeness (QED) is 0.684. The minimum atomic E-state index is -0.359. The first-order valence-electron chi connectivity index (χ1n) is 9.24. The van der Waals surface area contributed by atoms with Crippen molar-refractivity contribution in [1.29, 1.82) is 0 Å². The van der Waals surface area contributed by atoms with Crippen LogP contribution in [0.25, 0.3) is 0 Å². The van der Waals surface area contributed by atoms with Crippen molar-refractivity contribution in [2.24, 2.45) is 0 Å². The maximum absolute atomic E-state index is 12.1. The van der Waals surface area contributed by atoms with Gasteiger partial charge in [-0.2, -0.15) is 5.10 Å². The maximum atomic E-state index is 12.1. The molecule has 2 aromatic heterocycles. The van der Waals surface area contributed by atoms with E-state index >= 15 is 0 Å². The van der Waals surface area contributed by atoms with Crippen LogP contribution < -0.4 is 10.6 Å². The lowest BCUT2D eigenvalue weighted by Crippen LogP contribution is -2.33. The second-order valence-electron chi connectivity index (χ2n) is 6.86. The molecule has 1 fully saturated rings. The molecule has 0 saturated heterocycles. The Morgan fingerprint density at radius 3 is 2.96 bits per heavy atom. The van der Waals surface area contributed by atoms with Crippen molar-refractivity contribution < 1.29 is 18.8 Å². The van der Waals surface area contributed by atoms with E-state index in [1.165, 1.54) is 0 Å². The summed E-state index contributed by atoms with van der Waals surface area (Å²) in [4.78, 5) is 23.7. The summed E-state index contributed by atoms with van der Waals surface area (Å²) < 4.78 is 10.1. The van der Waals surface area contributed by atoms with E-state index in [2.05, 4.69) is 26.0 Å².